The summed E-state index contributed by atoms with van der Waals surface area (Å²) in [6.45, 7) is 2.00. The lowest BCUT2D eigenvalue weighted by Gasteiger charge is -2.16. The molecule has 0 amide bonds. The van der Waals surface area contributed by atoms with Crippen LogP contribution in [-0.2, 0) is 6.42 Å². The quantitative estimate of drug-likeness (QED) is 0.336. The van der Waals surface area contributed by atoms with Gasteiger partial charge in [0, 0.05) is 23.4 Å². The fraction of sp³-hybridized carbons (Fsp3) is 0.0833. The second-order valence-corrected chi connectivity index (χ2v) is 7.95. The van der Waals surface area contributed by atoms with Crippen LogP contribution in [-0.4, -0.2) is 14.4 Å². The summed E-state index contributed by atoms with van der Waals surface area (Å²) in [5.74, 6) is 0.661. The SMILES string of the molecule is Cc1cccc(Cl)c1Nc1nc2c(Cc3ccccc3N)c(N)ccc2n2cncc12. The maximum Gasteiger partial charge on any atom is 0.157 e. The third kappa shape index (κ3) is 3.31. The topological polar surface area (TPSA) is 94.3 Å². The Hall–Kier alpha value is -3.77. The molecule has 0 fully saturated rings. The Balaban J connectivity index is 1.73. The van der Waals surface area contributed by atoms with Crippen LogP contribution in [0.25, 0.3) is 16.6 Å². The van der Waals surface area contributed by atoms with Crippen LogP contribution < -0.4 is 16.8 Å². The highest BCUT2D eigenvalue weighted by Gasteiger charge is 2.16. The van der Waals surface area contributed by atoms with Gasteiger partial charge in [0.25, 0.3) is 0 Å². The summed E-state index contributed by atoms with van der Waals surface area (Å²) in [5, 5.41) is 4.04. The Morgan fingerprint density at radius 3 is 2.61 bits per heavy atom. The molecule has 5 N–H and O–H groups in total. The van der Waals surface area contributed by atoms with Gasteiger partial charge >= 0.3 is 0 Å². The van der Waals surface area contributed by atoms with Crippen molar-refractivity contribution in [3.05, 3.63) is 88.8 Å². The molecule has 3 aromatic carbocycles. The normalized spacial score (nSPS) is 11.3. The summed E-state index contributed by atoms with van der Waals surface area (Å²) in [7, 11) is 0. The number of rotatable bonds is 4. The average molecular weight is 429 g/mol. The minimum Gasteiger partial charge on any atom is -0.398 e. The fourth-order valence-corrected chi connectivity index (χ4v) is 4.13. The van der Waals surface area contributed by atoms with Crippen LogP contribution in [0.2, 0.25) is 5.02 Å². The largest absolute Gasteiger partial charge is 0.398 e. The predicted octanol–water partition coefficient (Wildman–Crippen LogP) is 5.34. The lowest BCUT2D eigenvalue weighted by atomic mass is 10.00. The molecular formula is C24H21ClN6. The smallest absolute Gasteiger partial charge is 0.157 e. The van der Waals surface area contributed by atoms with Crippen molar-refractivity contribution < 1.29 is 0 Å². The Kier molecular flexibility index (Phi) is 4.64. The Bertz CT molecular complexity index is 1420. The summed E-state index contributed by atoms with van der Waals surface area (Å²) in [6.07, 6.45) is 4.14. The van der Waals surface area contributed by atoms with E-state index in [9.17, 15) is 0 Å². The van der Waals surface area contributed by atoms with Crippen LogP contribution in [0.15, 0.2) is 67.1 Å². The third-order valence-electron chi connectivity index (χ3n) is 5.55. The summed E-state index contributed by atoms with van der Waals surface area (Å²) < 4.78 is 2.01. The van der Waals surface area contributed by atoms with E-state index in [4.69, 9.17) is 28.1 Å². The number of fused-ring (bicyclic) bond motifs is 3. The molecule has 154 valence electrons. The van der Waals surface area contributed by atoms with E-state index in [2.05, 4.69) is 10.3 Å². The van der Waals surface area contributed by atoms with Crippen LogP contribution >= 0.6 is 11.6 Å². The Labute approximate surface area is 184 Å². The van der Waals surface area contributed by atoms with Gasteiger partial charge in [0.2, 0.25) is 0 Å². The molecule has 31 heavy (non-hydrogen) atoms. The first-order valence-corrected chi connectivity index (χ1v) is 10.3. The lowest BCUT2D eigenvalue weighted by Crippen LogP contribution is -2.05. The number of nitrogens with zero attached hydrogens (tertiary/aromatic N) is 3. The number of nitrogens with one attached hydrogen (secondary N) is 1. The van der Waals surface area contributed by atoms with Gasteiger partial charge in [0.1, 0.15) is 5.52 Å². The molecule has 0 aliphatic carbocycles. The number of hydrogen-bond acceptors (Lipinski definition) is 5. The van der Waals surface area contributed by atoms with Crippen LogP contribution in [0.1, 0.15) is 16.7 Å². The number of imidazole rings is 1. The lowest BCUT2D eigenvalue weighted by molar-refractivity contribution is 1.15. The summed E-state index contributed by atoms with van der Waals surface area (Å²) in [6, 6.07) is 17.5. The molecule has 5 rings (SSSR count). The number of nitrogen functional groups attached to an aromatic ring is 2. The van der Waals surface area contributed by atoms with Crippen molar-refractivity contribution in [1.82, 2.24) is 14.4 Å². The molecule has 0 radical (unpaired) electrons. The van der Waals surface area contributed by atoms with Gasteiger partial charge in [-0.25, -0.2) is 9.97 Å². The third-order valence-corrected chi connectivity index (χ3v) is 5.86. The Morgan fingerprint density at radius 2 is 1.81 bits per heavy atom. The molecule has 2 aromatic heterocycles. The van der Waals surface area contributed by atoms with Gasteiger partial charge in [0.15, 0.2) is 5.82 Å². The molecule has 0 bridgehead atoms. The first-order chi connectivity index (χ1) is 15.0. The van der Waals surface area contributed by atoms with Crippen molar-refractivity contribution in [2.75, 3.05) is 16.8 Å². The van der Waals surface area contributed by atoms with Gasteiger partial charge in [-0.3, -0.25) is 4.40 Å². The standard InChI is InChI=1S/C24H21ClN6/c1-14-5-4-7-17(25)22(14)29-24-21-12-28-13-31(21)20-10-9-19(27)16(23(20)30-24)11-15-6-2-3-8-18(15)26/h2-10,12-13H,11,26-27H2,1H3,(H,29,30). The number of aryl methyl sites for hydroxylation is 1. The van der Waals surface area contributed by atoms with Gasteiger partial charge in [0.05, 0.1) is 34.3 Å². The molecule has 0 saturated carbocycles. The predicted molar refractivity (Wildman–Crippen MR) is 128 cm³/mol. The molecular weight excluding hydrogens is 408 g/mol. The van der Waals surface area contributed by atoms with E-state index in [0.29, 0.717) is 22.9 Å². The number of para-hydroxylation sites is 2. The highest BCUT2D eigenvalue weighted by molar-refractivity contribution is 6.33. The van der Waals surface area contributed by atoms with E-state index >= 15 is 0 Å². The van der Waals surface area contributed by atoms with E-state index in [1.54, 1.807) is 12.5 Å². The summed E-state index contributed by atoms with van der Waals surface area (Å²) >= 11 is 6.46. The van der Waals surface area contributed by atoms with Crippen LogP contribution in [0.4, 0.5) is 22.9 Å². The van der Waals surface area contributed by atoms with Crippen molar-refractivity contribution >= 4 is 51.0 Å². The molecule has 7 heteroatoms. The van der Waals surface area contributed by atoms with Crippen molar-refractivity contribution in [1.29, 1.82) is 0 Å². The molecule has 0 aliphatic heterocycles. The molecule has 0 unspecified atom stereocenters. The second kappa shape index (κ2) is 7.49. The zero-order chi connectivity index (χ0) is 21.5. The minimum absolute atomic E-state index is 0.577. The highest BCUT2D eigenvalue weighted by Crippen LogP contribution is 2.33. The average Bonchev–Trinajstić information content (AvgIpc) is 3.24. The van der Waals surface area contributed by atoms with E-state index < -0.39 is 0 Å². The van der Waals surface area contributed by atoms with E-state index in [-0.39, 0.29) is 0 Å². The molecule has 0 spiro atoms. The van der Waals surface area contributed by atoms with E-state index in [0.717, 1.165) is 44.6 Å². The summed E-state index contributed by atoms with van der Waals surface area (Å²) in [4.78, 5) is 9.34. The zero-order valence-corrected chi connectivity index (χ0v) is 17.7. The monoisotopic (exact) mass is 428 g/mol. The van der Waals surface area contributed by atoms with Gasteiger partial charge in [-0.15, -0.1) is 0 Å². The second-order valence-electron chi connectivity index (χ2n) is 7.54. The van der Waals surface area contributed by atoms with E-state index in [1.807, 2.05) is 65.9 Å². The van der Waals surface area contributed by atoms with Gasteiger partial charge < -0.3 is 16.8 Å². The van der Waals surface area contributed by atoms with Gasteiger partial charge in [-0.1, -0.05) is 41.9 Å². The number of benzene rings is 3. The molecule has 5 aromatic rings. The number of aromatic nitrogens is 3. The minimum atomic E-state index is 0.577. The van der Waals surface area contributed by atoms with Crippen LogP contribution in [0, 0.1) is 6.92 Å². The maximum atomic E-state index is 6.46. The van der Waals surface area contributed by atoms with Gasteiger partial charge in [-0.2, -0.15) is 0 Å². The highest BCUT2D eigenvalue weighted by atomic mass is 35.5. The number of hydrogen-bond donors (Lipinski definition) is 3. The maximum absolute atomic E-state index is 6.46. The molecule has 0 aliphatic rings. The molecule has 2 heterocycles. The van der Waals surface area contributed by atoms with Crippen LogP contribution in [0.5, 0.6) is 0 Å². The van der Waals surface area contributed by atoms with Crippen LogP contribution in [0.3, 0.4) is 0 Å². The van der Waals surface area contributed by atoms with Crippen molar-refractivity contribution in [3.8, 4) is 0 Å². The van der Waals surface area contributed by atoms with Crippen molar-refractivity contribution in [2.45, 2.75) is 13.3 Å². The number of halogens is 1. The first-order valence-electron chi connectivity index (χ1n) is 9.91. The molecule has 6 nitrogen and oxygen atoms in total. The number of anilines is 4. The molecule has 0 atom stereocenters. The summed E-state index contributed by atoms with van der Waals surface area (Å²) in [5.41, 5.74) is 20.3. The van der Waals surface area contributed by atoms with Gasteiger partial charge in [-0.05, 0) is 42.3 Å². The zero-order valence-electron chi connectivity index (χ0n) is 16.9. The van der Waals surface area contributed by atoms with E-state index in [1.165, 1.54) is 0 Å². The number of nitrogens with two attached hydrogens (primary N) is 2. The van der Waals surface area contributed by atoms with Crippen molar-refractivity contribution in [2.24, 2.45) is 0 Å². The fourth-order valence-electron chi connectivity index (χ4n) is 3.86. The molecule has 0 saturated heterocycles. The Morgan fingerprint density at radius 1 is 0.968 bits per heavy atom. The van der Waals surface area contributed by atoms with Crippen molar-refractivity contribution in [3.63, 3.8) is 0 Å². The first kappa shape index (κ1) is 19.2.